The van der Waals surface area contributed by atoms with Crippen LogP contribution in [0.15, 0.2) is 42.5 Å². The number of hydrogen-bond donors (Lipinski definition) is 0. The number of carbonyl (C=O) groups excluding carboxylic acids is 3. The van der Waals surface area contributed by atoms with E-state index in [1.807, 2.05) is 11.8 Å². The first-order chi connectivity index (χ1) is 14.5. The number of para-hydroxylation sites is 1. The minimum atomic E-state index is -0.331. The van der Waals surface area contributed by atoms with E-state index < -0.39 is 0 Å². The molecular formula is C23H24FN3O3. The van der Waals surface area contributed by atoms with Crippen molar-refractivity contribution in [1.29, 1.82) is 0 Å². The predicted octanol–water partition coefficient (Wildman–Crippen LogP) is 3.18. The van der Waals surface area contributed by atoms with Crippen molar-refractivity contribution in [3.63, 3.8) is 0 Å². The Labute approximate surface area is 174 Å². The second kappa shape index (κ2) is 8.26. The molecule has 2 heterocycles. The summed E-state index contributed by atoms with van der Waals surface area (Å²) in [6, 6.07) is 11.3. The van der Waals surface area contributed by atoms with E-state index in [9.17, 15) is 18.8 Å². The standard InChI is InChI=1S/C23H24FN3O3/c1-2-3-10-27-22(29)17-9-8-16(15-18(17)23(27)30)21(28)26-13-11-25(12-14-26)20-7-5-4-6-19(20)24/h4-9,15H,2-3,10-14H2,1H3. The smallest absolute Gasteiger partial charge is 0.261 e. The number of piperazine rings is 1. The second-order valence-electron chi connectivity index (χ2n) is 7.61. The van der Waals surface area contributed by atoms with Crippen molar-refractivity contribution in [2.75, 3.05) is 37.6 Å². The van der Waals surface area contributed by atoms with Crippen molar-refractivity contribution < 1.29 is 18.8 Å². The number of halogens is 1. The van der Waals surface area contributed by atoms with Crippen molar-refractivity contribution in [1.82, 2.24) is 9.80 Å². The fourth-order valence-electron chi connectivity index (χ4n) is 3.98. The van der Waals surface area contributed by atoms with Crippen LogP contribution in [0.5, 0.6) is 0 Å². The topological polar surface area (TPSA) is 60.9 Å². The van der Waals surface area contributed by atoms with E-state index in [2.05, 4.69) is 0 Å². The van der Waals surface area contributed by atoms with Gasteiger partial charge in [-0.1, -0.05) is 25.5 Å². The zero-order valence-electron chi connectivity index (χ0n) is 16.9. The normalized spacial score (nSPS) is 16.3. The first-order valence-electron chi connectivity index (χ1n) is 10.3. The Morgan fingerprint density at radius 1 is 0.967 bits per heavy atom. The minimum Gasteiger partial charge on any atom is -0.366 e. The number of nitrogens with zero attached hydrogens (tertiary/aromatic N) is 3. The van der Waals surface area contributed by atoms with Gasteiger partial charge in [-0.25, -0.2) is 4.39 Å². The largest absolute Gasteiger partial charge is 0.366 e. The van der Waals surface area contributed by atoms with Gasteiger partial charge in [0.1, 0.15) is 5.82 Å². The molecule has 30 heavy (non-hydrogen) atoms. The number of fused-ring (bicyclic) bond motifs is 1. The van der Waals surface area contributed by atoms with Gasteiger partial charge in [0.2, 0.25) is 0 Å². The quantitative estimate of drug-likeness (QED) is 0.712. The SMILES string of the molecule is CCCCN1C(=O)c2ccc(C(=O)N3CCN(c4ccccc4F)CC3)cc2C1=O. The fraction of sp³-hybridized carbons (Fsp3) is 0.348. The van der Waals surface area contributed by atoms with Crippen molar-refractivity contribution in [3.8, 4) is 0 Å². The molecule has 1 fully saturated rings. The molecule has 0 aliphatic carbocycles. The van der Waals surface area contributed by atoms with Crippen LogP contribution in [0.3, 0.4) is 0 Å². The molecule has 2 aromatic rings. The average Bonchev–Trinajstić information content (AvgIpc) is 3.01. The van der Waals surface area contributed by atoms with Crippen LogP contribution in [-0.4, -0.2) is 60.2 Å². The Morgan fingerprint density at radius 3 is 2.37 bits per heavy atom. The van der Waals surface area contributed by atoms with Crippen molar-refractivity contribution in [2.45, 2.75) is 19.8 Å². The maximum Gasteiger partial charge on any atom is 0.261 e. The Balaban J connectivity index is 1.46. The molecule has 4 rings (SSSR count). The van der Waals surface area contributed by atoms with Crippen LogP contribution < -0.4 is 4.90 Å². The van der Waals surface area contributed by atoms with Crippen molar-refractivity contribution in [2.24, 2.45) is 0 Å². The molecule has 3 amide bonds. The van der Waals surface area contributed by atoms with Crippen LogP contribution >= 0.6 is 0 Å². The molecule has 156 valence electrons. The molecule has 0 radical (unpaired) electrons. The van der Waals surface area contributed by atoms with Gasteiger partial charge in [0, 0.05) is 38.3 Å². The van der Waals surface area contributed by atoms with E-state index in [4.69, 9.17) is 0 Å². The lowest BCUT2D eigenvalue weighted by atomic mass is 10.0. The van der Waals surface area contributed by atoms with Crippen LogP contribution in [-0.2, 0) is 0 Å². The Kier molecular flexibility index (Phi) is 5.53. The molecule has 0 bridgehead atoms. The number of amides is 3. The average molecular weight is 409 g/mol. The predicted molar refractivity (Wildman–Crippen MR) is 111 cm³/mol. The Bertz CT molecular complexity index is 999. The number of rotatable bonds is 5. The highest BCUT2D eigenvalue weighted by Gasteiger charge is 2.36. The maximum absolute atomic E-state index is 14.0. The van der Waals surface area contributed by atoms with E-state index in [0.29, 0.717) is 55.1 Å². The third-order valence-electron chi connectivity index (χ3n) is 5.71. The molecular weight excluding hydrogens is 385 g/mol. The second-order valence-corrected chi connectivity index (χ2v) is 7.61. The zero-order chi connectivity index (χ0) is 21.3. The molecule has 2 aliphatic rings. The van der Waals surface area contributed by atoms with Gasteiger partial charge in [-0.3, -0.25) is 19.3 Å². The number of benzene rings is 2. The molecule has 0 saturated carbocycles. The highest BCUT2D eigenvalue weighted by Crippen LogP contribution is 2.26. The fourth-order valence-corrected chi connectivity index (χ4v) is 3.98. The zero-order valence-corrected chi connectivity index (χ0v) is 16.9. The van der Waals surface area contributed by atoms with Gasteiger partial charge in [-0.15, -0.1) is 0 Å². The minimum absolute atomic E-state index is 0.182. The van der Waals surface area contributed by atoms with Gasteiger partial charge in [-0.05, 0) is 36.8 Å². The molecule has 0 unspecified atom stereocenters. The summed E-state index contributed by atoms with van der Waals surface area (Å²) in [5.41, 5.74) is 1.59. The van der Waals surface area contributed by atoms with Gasteiger partial charge >= 0.3 is 0 Å². The highest BCUT2D eigenvalue weighted by molar-refractivity contribution is 6.22. The summed E-state index contributed by atoms with van der Waals surface area (Å²) in [6.45, 7) is 4.37. The lowest BCUT2D eigenvalue weighted by Crippen LogP contribution is -2.49. The van der Waals surface area contributed by atoms with Crippen LogP contribution in [0.4, 0.5) is 10.1 Å². The first-order valence-corrected chi connectivity index (χ1v) is 10.3. The number of carbonyl (C=O) groups is 3. The van der Waals surface area contributed by atoms with E-state index in [0.717, 1.165) is 12.8 Å². The number of hydrogen-bond acceptors (Lipinski definition) is 4. The summed E-state index contributed by atoms with van der Waals surface area (Å²) in [7, 11) is 0. The van der Waals surface area contributed by atoms with Gasteiger partial charge in [0.25, 0.3) is 17.7 Å². The summed E-state index contributed by atoms with van der Waals surface area (Å²) in [5, 5.41) is 0. The Hall–Kier alpha value is -3.22. The molecule has 1 saturated heterocycles. The summed E-state index contributed by atoms with van der Waals surface area (Å²) in [4.78, 5) is 43.0. The molecule has 0 aromatic heterocycles. The van der Waals surface area contributed by atoms with E-state index >= 15 is 0 Å². The van der Waals surface area contributed by atoms with Crippen LogP contribution in [0.25, 0.3) is 0 Å². The summed E-state index contributed by atoms with van der Waals surface area (Å²) in [5.74, 6) is -1.08. The summed E-state index contributed by atoms with van der Waals surface area (Å²) < 4.78 is 14.0. The monoisotopic (exact) mass is 409 g/mol. The molecule has 6 nitrogen and oxygen atoms in total. The maximum atomic E-state index is 14.0. The molecule has 2 aliphatic heterocycles. The first kappa shape index (κ1) is 20.1. The van der Waals surface area contributed by atoms with Crippen LogP contribution in [0.1, 0.15) is 50.8 Å². The lowest BCUT2D eigenvalue weighted by Gasteiger charge is -2.36. The van der Waals surface area contributed by atoms with E-state index in [1.54, 1.807) is 35.2 Å². The lowest BCUT2D eigenvalue weighted by molar-refractivity contribution is 0.0651. The molecule has 7 heteroatoms. The highest BCUT2D eigenvalue weighted by atomic mass is 19.1. The van der Waals surface area contributed by atoms with E-state index in [-0.39, 0.29) is 23.5 Å². The van der Waals surface area contributed by atoms with Crippen LogP contribution in [0, 0.1) is 5.82 Å². The number of unbranched alkanes of at least 4 members (excludes halogenated alkanes) is 1. The molecule has 2 aromatic carbocycles. The van der Waals surface area contributed by atoms with E-state index in [1.165, 1.54) is 17.0 Å². The summed E-state index contributed by atoms with van der Waals surface area (Å²) in [6.07, 6.45) is 1.64. The van der Waals surface area contributed by atoms with Gasteiger partial charge < -0.3 is 9.80 Å². The number of imide groups is 1. The number of anilines is 1. The Morgan fingerprint density at radius 2 is 1.67 bits per heavy atom. The van der Waals surface area contributed by atoms with Crippen molar-refractivity contribution >= 4 is 23.4 Å². The van der Waals surface area contributed by atoms with Gasteiger partial charge in [-0.2, -0.15) is 0 Å². The van der Waals surface area contributed by atoms with Crippen LogP contribution in [0.2, 0.25) is 0 Å². The third kappa shape index (κ3) is 3.56. The van der Waals surface area contributed by atoms with Gasteiger partial charge in [0.15, 0.2) is 0 Å². The summed E-state index contributed by atoms with van der Waals surface area (Å²) >= 11 is 0. The van der Waals surface area contributed by atoms with Gasteiger partial charge in [0.05, 0.1) is 16.8 Å². The molecule has 0 spiro atoms. The van der Waals surface area contributed by atoms with Crippen molar-refractivity contribution in [3.05, 3.63) is 65.0 Å². The molecule has 0 atom stereocenters. The molecule has 0 N–H and O–H groups in total. The third-order valence-corrected chi connectivity index (χ3v) is 5.71.